The zero-order valence-electron chi connectivity index (χ0n) is 10.0. The number of halogens is 1. The van der Waals surface area contributed by atoms with Crippen LogP contribution in [0.2, 0.25) is 0 Å². The van der Waals surface area contributed by atoms with Crippen LogP contribution in [0.15, 0.2) is 0 Å². The predicted octanol–water partition coefficient (Wildman–Crippen LogP) is 0.905. The number of ether oxygens (including phenoxy) is 1. The minimum atomic E-state index is -3.12. The van der Waals surface area contributed by atoms with Gasteiger partial charge >= 0.3 is 0 Å². The highest BCUT2D eigenvalue weighted by Gasteiger charge is 2.30. The van der Waals surface area contributed by atoms with Crippen LogP contribution in [0.3, 0.4) is 0 Å². The van der Waals surface area contributed by atoms with Crippen molar-refractivity contribution >= 4 is 9.84 Å². The Morgan fingerprint density at radius 1 is 1.38 bits per heavy atom. The van der Waals surface area contributed by atoms with Crippen LogP contribution in [-0.4, -0.2) is 45.9 Å². The molecule has 0 aromatic rings. The van der Waals surface area contributed by atoms with E-state index in [1.165, 1.54) is 7.11 Å². The fourth-order valence-electron chi connectivity index (χ4n) is 1.43. The van der Waals surface area contributed by atoms with E-state index in [0.717, 1.165) is 0 Å². The van der Waals surface area contributed by atoms with Crippen molar-refractivity contribution in [3.63, 3.8) is 0 Å². The molecule has 2 N–H and O–H groups in total. The summed E-state index contributed by atoms with van der Waals surface area (Å²) in [6.45, 7) is 1.88. The van der Waals surface area contributed by atoms with Gasteiger partial charge in [0.15, 0.2) is 0 Å². The number of alkyl halides is 1. The summed E-state index contributed by atoms with van der Waals surface area (Å²) in [5, 5.41) is 0. The van der Waals surface area contributed by atoms with Crippen molar-refractivity contribution in [3.05, 3.63) is 0 Å². The van der Waals surface area contributed by atoms with Crippen LogP contribution in [0.5, 0.6) is 0 Å². The van der Waals surface area contributed by atoms with Gasteiger partial charge in [-0.3, -0.25) is 0 Å². The highest BCUT2D eigenvalue weighted by Crippen LogP contribution is 2.24. The zero-order valence-corrected chi connectivity index (χ0v) is 10.9. The molecule has 0 heterocycles. The molecule has 0 radical (unpaired) electrons. The lowest BCUT2D eigenvalue weighted by atomic mass is 9.98. The maximum absolute atomic E-state index is 14.2. The first kappa shape index (κ1) is 15.8. The third-order valence-electron chi connectivity index (χ3n) is 2.53. The van der Waals surface area contributed by atoms with Crippen molar-refractivity contribution in [3.8, 4) is 0 Å². The second-order valence-electron chi connectivity index (χ2n) is 3.96. The minimum absolute atomic E-state index is 0.0169. The molecule has 98 valence electrons. The van der Waals surface area contributed by atoms with E-state index in [2.05, 4.69) is 0 Å². The van der Waals surface area contributed by atoms with Crippen molar-refractivity contribution in [2.75, 3.05) is 31.8 Å². The monoisotopic (exact) mass is 255 g/mol. The smallest absolute Gasteiger partial charge is 0.150 e. The van der Waals surface area contributed by atoms with E-state index < -0.39 is 15.5 Å². The van der Waals surface area contributed by atoms with E-state index >= 15 is 0 Å². The Morgan fingerprint density at radius 3 is 2.44 bits per heavy atom. The molecule has 0 bridgehead atoms. The molecule has 0 fully saturated rings. The molecule has 0 aliphatic heterocycles. The van der Waals surface area contributed by atoms with Gasteiger partial charge in [0.25, 0.3) is 0 Å². The van der Waals surface area contributed by atoms with Crippen molar-refractivity contribution in [1.82, 2.24) is 0 Å². The number of hydrogen-bond acceptors (Lipinski definition) is 4. The second-order valence-corrected chi connectivity index (χ2v) is 6.44. The minimum Gasteiger partial charge on any atom is -0.381 e. The van der Waals surface area contributed by atoms with Crippen LogP contribution in [-0.2, 0) is 14.6 Å². The number of sulfone groups is 1. The fourth-order valence-corrected chi connectivity index (χ4v) is 2.40. The molecule has 6 heteroatoms. The Morgan fingerprint density at radius 2 is 2.00 bits per heavy atom. The average molecular weight is 255 g/mol. The first-order valence-corrected chi connectivity index (χ1v) is 7.29. The molecule has 0 aromatic carbocycles. The summed E-state index contributed by atoms with van der Waals surface area (Å²) in [7, 11) is -1.72. The summed E-state index contributed by atoms with van der Waals surface area (Å²) in [6, 6.07) is 0. The summed E-state index contributed by atoms with van der Waals surface area (Å²) in [6.07, 6.45) is 0.764. The summed E-state index contributed by atoms with van der Waals surface area (Å²) in [5.41, 5.74) is 3.74. The number of methoxy groups -OCH3 is 1. The van der Waals surface area contributed by atoms with Gasteiger partial charge in [-0.05, 0) is 25.8 Å². The number of hydrogen-bond donors (Lipinski definition) is 1. The van der Waals surface area contributed by atoms with Gasteiger partial charge in [0.2, 0.25) is 0 Å². The molecule has 0 rings (SSSR count). The highest BCUT2D eigenvalue weighted by molar-refractivity contribution is 7.91. The molecule has 1 unspecified atom stereocenters. The van der Waals surface area contributed by atoms with Crippen LogP contribution >= 0.6 is 0 Å². The van der Waals surface area contributed by atoms with E-state index in [-0.39, 0.29) is 31.0 Å². The summed E-state index contributed by atoms with van der Waals surface area (Å²) < 4.78 is 41.6. The van der Waals surface area contributed by atoms with Gasteiger partial charge in [0.05, 0.1) is 12.4 Å². The third kappa shape index (κ3) is 6.40. The Kier molecular flexibility index (Phi) is 7.10. The van der Waals surface area contributed by atoms with Crippen LogP contribution in [0, 0.1) is 0 Å². The molecule has 16 heavy (non-hydrogen) atoms. The Balaban J connectivity index is 4.32. The van der Waals surface area contributed by atoms with Gasteiger partial charge in [-0.1, -0.05) is 6.92 Å². The molecule has 0 aliphatic carbocycles. The van der Waals surface area contributed by atoms with Gasteiger partial charge < -0.3 is 10.5 Å². The lowest BCUT2D eigenvalue weighted by Crippen LogP contribution is -2.32. The second kappa shape index (κ2) is 7.19. The van der Waals surface area contributed by atoms with Gasteiger partial charge in [-0.2, -0.15) is 0 Å². The third-order valence-corrected chi connectivity index (χ3v) is 4.24. The normalized spacial score (nSPS) is 16.0. The van der Waals surface area contributed by atoms with Crippen LogP contribution in [0.1, 0.15) is 26.2 Å². The molecule has 0 amide bonds. The van der Waals surface area contributed by atoms with Crippen LogP contribution in [0.25, 0.3) is 0 Å². The maximum atomic E-state index is 14.2. The van der Waals surface area contributed by atoms with Gasteiger partial charge in [-0.25, -0.2) is 12.8 Å². The Hall–Kier alpha value is -0.200. The summed E-state index contributed by atoms with van der Waals surface area (Å²) in [5.74, 6) is -0.0825. The molecule has 0 saturated carbocycles. The Labute approximate surface area is 97.3 Å². The van der Waals surface area contributed by atoms with E-state index in [9.17, 15) is 12.8 Å². The SMILES string of the molecule is CCS(=O)(=O)CCC(F)(CCCN)COC. The van der Waals surface area contributed by atoms with Gasteiger partial charge in [0, 0.05) is 12.9 Å². The lowest BCUT2D eigenvalue weighted by molar-refractivity contribution is 0.0309. The summed E-state index contributed by atoms with van der Waals surface area (Å²) >= 11 is 0. The number of rotatable bonds is 9. The molecular formula is C10H22FNO3S. The zero-order chi connectivity index (χ0) is 12.7. The average Bonchev–Trinajstić information content (AvgIpc) is 2.25. The van der Waals surface area contributed by atoms with Crippen LogP contribution < -0.4 is 5.73 Å². The molecular weight excluding hydrogens is 233 g/mol. The van der Waals surface area contributed by atoms with Crippen molar-refractivity contribution in [2.24, 2.45) is 5.73 Å². The molecule has 0 aromatic heterocycles. The predicted molar refractivity (Wildman–Crippen MR) is 62.9 cm³/mol. The maximum Gasteiger partial charge on any atom is 0.150 e. The van der Waals surface area contributed by atoms with E-state index in [4.69, 9.17) is 10.5 Å². The fraction of sp³-hybridized carbons (Fsp3) is 1.00. The first-order chi connectivity index (χ1) is 7.39. The largest absolute Gasteiger partial charge is 0.381 e. The topological polar surface area (TPSA) is 69.4 Å². The quantitative estimate of drug-likeness (QED) is 0.664. The van der Waals surface area contributed by atoms with Crippen molar-refractivity contribution in [2.45, 2.75) is 31.9 Å². The molecule has 1 atom stereocenters. The van der Waals surface area contributed by atoms with Gasteiger partial charge in [0.1, 0.15) is 15.5 Å². The molecule has 0 aliphatic rings. The molecule has 0 saturated heterocycles. The lowest BCUT2D eigenvalue weighted by Gasteiger charge is -2.24. The van der Waals surface area contributed by atoms with Crippen molar-refractivity contribution in [1.29, 1.82) is 0 Å². The first-order valence-electron chi connectivity index (χ1n) is 5.47. The summed E-state index contributed by atoms with van der Waals surface area (Å²) in [4.78, 5) is 0. The molecule has 0 spiro atoms. The standard InChI is InChI=1S/C10H22FNO3S/c1-3-16(13,14)8-6-10(11,9-15-2)5-4-7-12/h3-9,12H2,1-2H3. The highest BCUT2D eigenvalue weighted by atomic mass is 32.2. The van der Waals surface area contributed by atoms with E-state index in [1.54, 1.807) is 6.92 Å². The molecule has 4 nitrogen and oxygen atoms in total. The van der Waals surface area contributed by atoms with E-state index in [1.807, 2.05) is 0 Å². The van der Waals surface area contributed by atoms with Gasteiger partial charge in [-0.15, -0.1) is 0 Å². The van der Waals surface area contributed by atoms with Crippen LogP contribution in [0.4, 0.5) is 4.39 Å². The number of nitrogens with two attached hydrogens (primary N) is 1. The Bertz CT molecular complexity index is 282. The van der Waals surface area contributed by atoms with E-state index in [0.29, 0.717) is 13.0 Å². The van der Waals surface area contributed by atoms with Crippen molar-refractivity contribution < 1.29 is 17.5 Å².